The SMILES string of the molecule is CC(=O)C(=O)N(Cc1ccccc1)Cc1ccccc1. The van der Waals surface area contributed by atoms with Crippen molar-refractivity contribution in [1.29, 1.82) is 0 Å². The highest BCUT2D eigenvalue weighted by Crippen LogP contribution is 2.10. The molecule has 0 aliphatic carbocycles. The van der Waals surface area contributed by atoms with Gasteiger partial charge in [0.15, 0.2) is 0 Å². The number of hydrogen-bond acceptors (Lipinski definition) is 2. The molecule has 2 aromatic carbocycles. The Kier molecular flexibility index (Phi) is 4.66. The Balaban J connectivity index is 2.17. The molecule has 2 aromatic rings. The van der Waals surface area contributed by atoms with Gasteiger partial charge in [0, 0.05) is 20.0 Å². The number of hydrogen-bond donors (Lipinski definition) is 0. The van der Waals surface area contributed by atoms with Crippen LogP contribution >= 0.6 is 0 Å². The number of ketones is 1. The van der Waals surface area contributed by atoms with Gasteiger partial charge in [-0.1, -0.05) is 60.7 Å². The molecule has 20 heavy (non-hydrogen) atoms. The molecule has 0 spiro atoms. The molecule has 0 unspecified atom stereocenters. The second-order valence-corrected chi connectivity index (χ2v) is 4.69. The van der Waals surface area contributed by atoms with Crippen LogP contribution in [-0.4, -0.2) is 16.6 Å². The fourth-order valence-corrected chi connectivity index (χ4v) is 2.03. The molecular formula is C17H17NO2. The van der Waals surface area contributed by atoms with E-state index in [1.165, 1.54) is 6.92 Å². The monoisotopic (exact) mass is 267 g/mol. The first-order valence-corrected chi connectivity index (χ1v) is 6.54. The molecule has 0 saturated carbocycles. The van der Waals surface area contributed by atoms with Gasteiger partial charge in [0.1, 0.15) is 0 Å². The number of carbonyl (C=O) groups is 2. The molecule has 1 amide bonds. The number of Topliss-reactive ketones (excluding diaryl/α,β-unsaturated/α-hetero) is 1. The van der Waals surface area contributed by atoms with Crippen LogP contribution in [0.5, 0.6) is 0 Å². The third kappa shape index (κ3) is 3.79. The van der Waals surface area contributed by atoms with Crippen LogP contribution in [0, 0.1) is 0 Å². The first-order valence-electron chi connectivity index (χ1n) is 6.54. The number of amides is 1. The Labute approximate surface area is 118 Å². The van der Waals surface area contributed by atoms with Gasteiger partial charge in [-0.2, -0.15) is 0 Å². The molecule has 0 aliphatic rings. The van der Waals surface area contributed by atoms with Crippen LogP contribution in [0.3, 0.4) is 0 Å². The van der Waals surface area contributed by atoms with E-state index >= 15 is 0 Å². The van der Waals surface area contributed by atoms with Gasteiger partial charge in [-0.25, -0.2) is 0 Å². The van der Waals surface area contributed by atoms with E-state index in [0.29, 0.717) is 13.1 Å². The normalized spacial score (nSPS) is 10.1. The van der Waals surface area contributed by atoms with Crippen molar-refractivity contribution in [2.24, 2.45) is 0 Å². The van der Waals surface area contributed by atoms with E-state index in [-0.39, 0.29) is 0 Å². The lowest BCUT2D eigenvalue weighted by atomic mass is 10.1. The van der Waals surface area contributed by atoms with Crippen molar-refractivity contribution in [3.63, 3.8) is 0 Å². The molecular weight excluding hydrogens is 250 g/mol. The number of carbonyl (C=O) groups excluding carboxylic acids is 2. The fraction of sp³-hybridized carbons (Fsp3) is 0.176. The summed E-state index contributed by atoms with van der Waals surface area (Å²) in [4.78, 5) is 25.0. The van der Waals surface area contributed by atoms with Gasteiger partial charge in [-0.15, -0.1) is 0 Å². The van der Waals surface area contributed by atoms with E-state index in [2.05, 4.69) is 0 Å². The Hall–Kier alpha value is -2.42. The molecule has 0 aromatic heterocycles. The molecule has 2 rings (SSSR count). The van der Waals surface area contributed by atoms with Crippen LogP contribution in [0.2, 0.25) is 0 Å². The maximum atomic E-state index is 12.0. The molecule has 0 saturated heterocycles. The van der Waals surface area contributed by atoms with Gasteiger partial charge in [-0.3, -0.25) is 9.59 Å². The van der Waals surface area contributed by atoms with Gasteiger partial charge < -0.3 is 4.90 Å². The van der Waals surface area contributed by atoms with Crippen LogP contribution in [-0.2, 0) is 22.7 Å². The quantitative estimate of drug-likeness (QED) is 0.781. The summed E-state index contributed by atoms with van der Waals surface area (Å²) < 4.78 is 0. The molecule has 3 heteroatoms. The number of rotatable bonds is 5. The average molecular weight is 267 g/mol. The number of nitrogens with zero attached hydrogens (tertiary/aromatic N) is 1. The molecule has 0 heterocycles. The van der Waals surface area contributed by atoms with Gasteiger partial charge in [0.25, 0.3) is 5.91 Å². The molecule has 0 fully saturated rings. The van der Waals surface area contributed by atoms with Crippen molar-refractivity contribution in [3.8, 4) is 0 Å². The standard InChI is InChI=1S/C17H17NO2/c1-14(19)17(20)18(12-15-8-4-2-5-9-15)13-16-10-6-3-7-11-16/h2-11H,12-13H2,1H3. The van der Waals surface area contributed by atoms with E-state index in [9.17, 15) is 9.59 Å². The second kappa shape index (κ2) is 6.66. The topological polar surface area (TPSA) is 37.4 Å². The highest BCUT2D eigenvalue weighted by molar-refractivity contribution is 6.35. The van der Waals surface area contributed by atoms with Crippen LogP contribution < -0.4 is 0 Å². The molecule has 3 nitrogen and oxygen atoms in total. The summed E-state index contributed by atoms with van der Waals surface area (Å²) in [6.07, 6.45) is 0. The molecule has 0 radical (unpaired) electrons. The average Bonchev–Trinajstić information content (AvgIpc) is 2.48. The predicted molar refractivity (Wildman–Crippen MR) is 77.8 cm³/mol. The van der Waals surface area contributed by atoms with E-state index in [1.54, 1.807) is 4.90 Å². The summed E-state index contributed by atoms with van der Waals surface area (Å²) in [6, 6.07) is 19.4. The zero-order chi connectivity index (χ0) is 14.4. The summed E-state index contributed by atoms with van der Waals surface area (Å²) in [5.74, 6) is -0.880. The summed E-state index contributed by atoms with van der Waals surface area (Å²) >= 11 is 0. The van der Waals surface area contributed by atoms with E-state index < -0.39 is 11.7 Å². The summed E-state index contributed by atoms with van der Waals surface area (Å²) in [5, 5.41) is 0. The zero-order valence-corrected chi connectivity index (χ0v) is 11.5. The Morgan fingerprint density at radius 3 is 1.55 bits per heavy atom. The lowest BCUT2D eigenvalue weighted by Gasteiger charge is -2.21. The Morgan fingerprint density at radius 1 is 0.800 bits per heavy atom. The molecule has 0 N–H and O–H groups in total. The first-order chi connectivity index (χ1) is 9.66. The van der Waals surface area contributed by atoms with Gasteiger partial charge in [-0.05, 0) is 11.1 Å². The first kappa shape index (κ1) is 14.0. The van der Waals surface area contributed by atoms with Crippen molar-refractivity contribution in [2.45, 2.75) is 20.0 Å². The van der Waals surface area contributed by atoms with Gasteiger partial charge in [0.2, 0.25) is 5.78 Å². The van der Waals surface area contributed by atoms with Gasteiger partial charge >= 0.3 is 0 Å². The minimum Gasteiger partial charge on any atom is -0.327 e. The molecule has 0 atom stereocenters. The summed E-state index contributed by atoms with van der Waals surface area (Å²) in [7, 11) is 0. The molecule has 0 bridgehead atoms. The maximum absolute atomic E-state index is 12.0. The van der Waals surface area contributed by atoms with Crippen LogP contribution in [0.1, 0.15) is 18.1 Å². The summed E-state index contributed by atoms with van der Waals surface area (Å²) in [6.45, 7) is 2.19. The zero-order valence-electron chi connectivity index (χ0n) is 11.5. The minimum atomic E-state index is -0.447. The third-order valence-corrected chi connectivity index (χ3v) is 3.02. The fourth-order valence-electron chi connectivity index (χ4n) is 2.03. The molecule has 0 aliphatic heterocycles. The van der Waals surface area contributed by atoms with Crippen LogP contribution in [0.4, 0.5) is 0 Å². The minimum absolute atomic E-state index is 0.433. The van der Waals surface area contributed by atoms with Crippen molar-refractivity contribution < 1.29 is 9.59 Å². The highest BCUT2D eigenvalue weighted by Gasteiger charge is 2.18. The largest absolute Gasteiger partial charge is 0.327 e. The Bertz CT molecular complexity index is 537. The third-order valence-electron chi connectivity index (χ3n) is 3.02. The summed E-state index contributed by atoms with van der Waals surface area (Å²) in [5.41, 5.74) is 2.02. The van der Waals surface area contributed by atoms with E-state index in [4.69, 9.17) is 0 Å². The second-order valence-electron chi connectivity index (χ2n) is 4.69. The van der Waals surface area contributed by atoms with Crippen molar-refractivity contribution in [3.05, 3.63) is 71.8 Å². The van der Waals surface area contributed by atoms with Crippen LogP contribution in [0.25, 0.3) is 0 Å². The highest BCUT2D eigenvalue weighted by atomic mass is 16.2. The van der Waals surface area contributed by atoms with E-state index in [0.717, 1.165) is 11.1 Å². The van der Waals surface area contributed by atoms with Crippen molar-refractivity contribution in [2.75, 3.05) is 0 Å². The smallest absolute Gasteiger partial charge is 0.290 e. The van der Waals surface area contributed by atoms with E-state index in [1.807, 2.05) is 60.7 Å². The van der Waals surface area contributed by atoms with Gasteiger partial charge in [0.05, 0.1) is 0 Å². The Morgan fingerprint density at radius 2 is 1.20 bits per heavy atom. The van der Waals surface area contributed by atoms with Crippen molar-refractivity contribution in [1.82, 2.24) is 4.90 Å². The van der Waals surface area contributed by atoms with Crippen LogP contribution in [0.15, 0.2) is 60.7 Å². The lowest BCUT2D eigenvalue weighted by molar-refractivity contribution is -0.144. The predicted octanol–water partition coefficient (Wildman–Crippen LogP) is 2.80. The number of benzene rings is 2. The van der Waals surface area contributed by atoms with Crippen molar-refractivity contribution >= 4 is 11.7 Å². The maximum Gasteiger partial charge on any atom is 0.290 e. The lowest BCUT2D eigenvalue weighted by Crippen LogP contribution is -2.34. The molecule has 102 valence electrons.